The molecule has 1 aromatic carbocycles. The van der Waals surface area contributed by atoms with Crippen molar-refractivity contribution in [3.8, 4) is 11.3 Å². The molecule has 1 aliphatic rings. The smallest absolute Gasteiger partial charge is 0.409 e. The van der Waals surface area contributed by atoms with Crippen LogP contribution in [0.5, 0.6) is 0 Å². The van der Waals surface area contributed by atoms with Crippen LogP contribution in [0.15, 0.2) is 30.3 Å². The van der Waals surface area contributed by atoms with Gasteiger partial charge in [-0.1, -0.05) is 30.3 Å². The van der Waals surface area contributed by atoms with Crippen LogP contribution in [0.1, 0.15) is 27.7 Å². The fourth-order valence-electron chi connectivity index (χ4n) is 3.76. The number of rotatable bonds is 3. The molecule has 0 bridgehead atoms. The Morgan fingerprint density at radius 1 is 1.10 bits per heavy atom. The summed E-state index contributed by atoms with van der Waals surface area (Å²) in [5, 5.41) is 5.48. The number of benzene rings is 1. The lowest BCUT2D eigenvalue weighted by Crippen LogP contribution is -2.49. The number of carbonyl (C=O) groups is 1. The van der Waals surface area contributed by atoms with Gasteiger partial charge < -0.3 is 20.3 Å². The van der Waals surface area contributed by atoms with Gasteiger partial charge in [0.05, 0.1) is 23.2 Å². The van der Waals surface area contributed by atoms with Crippen molar-refractivity contribution in [3.63, 3.8) is 0 Å². The van der Waals surface area contributed by atoms with E-state index >= 15 is 0 Å². The maximum atomic E-state index is 12.0. The molecular weight excluding hydrogens is 394 g/mol. The molecule has 0 unspecified atom stereocenters. The molecule has 0 atom stereocenters. The van der Waals surface area contributed by atoms with Crippen LogP contribution >= 0.6 is 0 Å². The molecule has 9 heteroatoms. The number of carbonyl (C=O) groups excluding carboxylic acids is 1. The first-order valence-electron chi connectivity index (χ1n) is 10.6. The van der Waals surface area contributed by atoms with Crippen LogP contribution < -0.4 is 10.6 Å². The van der Waals surface area contributed by atoms with Crippen molar-refractivity contribution < 1.29 is 9.53 Å². The predicted molar refractivity (Wildman–Crippen MR) is 121 cm³/mol. The standard InChI is InChI=1S/C22H29N7O2/c1-5-31-21(30)28-13-11-27(12-14-28)20-24-17(15-9-7-6-8-10-15)16-18(23)29(22(2,3)4)26-19(16)25-20/h6-10H,5,11-14,23H2,1-4H3. The molecule has 1 saturated heterocycles. The Bertz CT molecular complexity index is 1080. The van der Waals surface area contributed by atoms with Gasteiger partial charge >= 0.3 is 6.09 Å². The Labute approximate surface area is 181 Å². The minimum Gasteiger partial charge on any atom is -0.450 e. The van der Waals surface area contributed by atoms with Crippen molar-refractivity contribution in [2.24, 2.45) is 0 Å². The van der Waals surface area contributed by atoms with Crippen LogP contribution in [0.4, 0.5) is 16.6 Å². The Balaban J connectivity index is 1.75. The van der Waals surface area contributed by atoms with E-state index in [1.54, 1.807) is 9.58 Å². The second-order valence-electron chi connectivity index (χ2n) is 8.58. The van der Waals surface area contributed by atoms with Crippen molar-refractivity contribution in [1.82, 2.24) is 24.6 Å². The molecule has 164 valence electrons. The van der Waals surface area contributed by atoms with Crippen LogP contribution in [-0.4, -0.2) is 63.5 Å². The molecule has 31 heavy (non-hydrogen) atoms. The Morgan fingerprint density at radius 2 is 1.77 bits per heavy atom. The van der Waals surface area contributed by atoms with Gasteiger partial charge in [-0.2, -0.15) is 4.98 Å². The van der Waals surface area contributed by atoms with Gasteiger partial charge in [-0.25, -0.2) is 14.5 Å². The molecule has 9 nitrogen and oxygen atoms in total. The van der Waals surface area contributed by atoms with Crippen LogP contribution in [0.2, 0.25) is 0 Å². The van der Waals surface area contributed by atoms with Gasteiger partial charge in [0.15, 0.2) is 5.65 Å². The average molecular weight is 424 g/mol. The average Bonchev–Trinajstić information content (AvgIpc) is 3.11. The highest BCUT2D eigenvalue weighted by molar-refractivity contribution is 5.99. The molecule has 3 aromatic rings. The normalized spacial score (nSPS) is 14.8. The van der Waals surface area contributed by atoms with E-state index in [1.165, 1.54) is 0 Å². The van der Waals surface area contributed by atoms with E-state index in [2.05, 4.69) is 25.7 Å². The Kier molecular flexibility index (Phi) is 5.43. The first-order valence-corrected chi connectivity index (χ1v) is 10.6. The van der Waals surface area contributed by atoms with Gasteiger partial charge in [-0.05, 0) is 27.7 Å². The Hall–Kier alpha value is -3.36. The molecule has 1 fully saturated rings. The number of amides is 1. The van der Waals surface area contributed by atoms with Crippen molar-refractivity contribution in [2.75, 3.05) is 43.4 Å². The van der Waals surface area contributed by atoms with E-state index in [1.807, 2.05) is 37.3 Å². The summed E-state index contributed by atoms with van der Waals surface area (Å²) in [5.41, 5.74) is 8.53. The second kappa shape index (κ2) is 8.05. The third-order valence-corrected chi connectivity index (χ3v) is 5.33. The van der Waals surface area contributed by atoms with E-state index in [0.29, 0.717) is 50.2 Å². The lowest BCUT2D eigenvalue weighted by Gasteiger charge is -2.34. The van der Waals surface area contributed by atoms with Gasteiger partial charge in [0.1, 0.15) is 5.82 Å². The summed E-state index contributed by atoms with van der Waals surface area (Å²) in [7, 11) is 0. The molecule has 4 rings (SSSR count). The lowest BCUT2D eigenvalue weighted by atomic mass is 10.1. The summed E-state index contributed by atoms with van der Waals surface area (Å²) in [4.78, 5) is 25.5. The summed E-state index contributed by atoms with van der Waals surface area (Å²) in [6.07, 6.45) is -0.278. The van der Waals surface area contributed by atoms with Crippen LogP contribution in [0.3, 0.4) is 0 Å². The van der Waals surface area contributed by atoms with E-state index in [-0.39, 0.29) is 11.6 Å². The minimum atomic E-state index is -0.288. The quantitative estimate of drug-likeness (QED) is 0.690. The Morgan fingerprint density at radius 3 is 2.39 bits per heavy atom. The van der Waals surface area contributed by atoms with Crippen molar-refractivity contribution in [2.45, 2.75) is 33.2 Å². The lowest BCUT2D eigenvalue weighted by molar-refractivity contribution is 0.105. The van der Waals surface area contributed by atoms with E-state index < -0.39 is 0 Å². The number of nitrogens with zero attached hydrogens (tertiary/aromatic N) is 6. The third kappa shape index (κ3) is 3.99. The summed E-state index contributed by atoms with van der Waals surface area (Å²) < 4.78 is 6.92. The van der Waals surface area contributed by atoms with E-state index in [4.69, 9.17) is 25.5 Å². The van der Waals surface area contributed by atoms with Gasteiger partial charge in [0.25, 0.3) is 0 Å². The zero-order valence-corrected chi connectivity index (χ0v) is 18.5. The number of hydrogen-bond acceptors (Lipinski definition) is 7. The minimum absolute atomic E-state index is 0.278. The number of ether oxygens (including phenoxy) is 1. The number of anilines is 2. The summed E-state index contributed by atoms with van der Waals surface area (Å²) >= 11 is 0. The number of fused-ring (bicyclic) bond motifs is 1. The topological polar surface area (TPSA) is 102 Å². The highest BCUT2D eigenvalue weighted by atomic mass is 16.6. The van der Waals surface area contributed by atoms with Gasteiger partial charge in [-0.15, -0.1) is 5.10 Å². The molecule has 0 saturated carbocycles. The third-order valence-electron chi connectivity index (χ3n) is 5.33. The maximum absolute atomic E-state index is 12.0. The zero-order valence-electron chi connectivity index (χ0n) is 18.5. The van der Waals surface area contributed by atoms with Crippen LogP contribution in [-0.2, 0) is 10.3 Å². The molecule has 0 radical (unpaired) electrons. The molecule has 3 heterocycles. The van der Waals surface area contributed by atoms with E-state index in [9.17, 15) is 4.79 Å². The predicted octanol–water partition coefficient (Wildman–Crippen LogP) is 3.11. The number of piperazine rings is 1. The summed E-state index contributed by atoms with van der Waals surface area (Å²) in [6, 6.07) is 9.95. The second-order valence-corrected chi connectivity index (χ2v) is 8.58. The molecule has 1 amide bonds. The fourth-order valence-corrected chi connectivity index (χ4v) is 3.76. The van der Waals surface area contributed by atoms with Crippen molar-refractivity contribution in [3.05, 3.63) is 30.3 Å². The number of aromatic nitrogens is 4. The number of nitrogens with two attached hydrogens (primary N) is 1. The number of hydrogen-bond donors (Lipinski definition) is 1. The summed E-state index contributed by atoms with van der Waals surface area (Å²) in [6.45, 7) is 10.7. The SMILES string of the molecule is CCOC(=O)N1CCN(c2nc(-c3ccccc3)c3c(N)n(C(C)(C)C)nc3n2)CC1. The van der Waals surface area contributed by atoms with E-state index in [0.717, 1.165) is 16.6 Å². The van der Waals surface area contributed by atoms with Gasteiger partial charge in [-0.3, -0.25) is 0 Å². The summed E-state index contributed by atoms with van der Waals surface area (Å²) in [5.74, 6) is 1.15. The molecule has 2 aromatic heterocycles. The highest BCUT2D eigenvalue weighted by Crippen LogP contribution is 2.34. The van der Waals surface area contributed by atoms with Gasteiger partial charge in [0.2, 0.25) is 5.95 Å². The number of nitrogen functional groups attached to an aromatic ring is 1. The van der Waals surface area contributed by atoms with Crippen molar-refractivity contribution in [1.29, 1.82) is 0 Å². The first kappa shape index (κ1) is 20.9. The molecule has 0 spiro atoms. The molecule has 2 N–H and O–H groups in total. The van der Waals surface area contributed by atoms with Crippen LogP contribution in [0.25, 0.3) is 22.3 Å². The molecular formula is C22H29N7O2. The monoisotopic (exact) mass is 423 g/mol. The molecule has 0 aliphatic carbocycles. The largest absolute Gasteiger partial charge is 0.450 e. The zero-order chi connectivity index (χ0) is 22.2. The van der Waals surface area contributed by atoms with Crippen LogP contribution in [0, 0.1) is 0 Å². The molecule has 1 aliphatic heterocycles. The fraction of sp³-hybridized carbons (Fsp3) is 0.455. The van der Waals surface area contributed by atoms with Crippen molar-refractivity contribution >= 4 is 28.9 Å². The maximum Gasteiger partial charge on any atom is 0.409 e. The van der Waals surface area contributed by atoms with Gasteiger partial charge in [0, 0.05) is 31.7 Å². The first-order chi connectivity index (χ1) is 14.8. The highest BCUT2D eigenvalue weighted by Gasteiger charge is 2.27.